The minimum absolute atomic E-state index is 0.200. The standard InChI is InChI=1S/C20H22O2/c1-20(2,3)22-19-13-10-16(11-14-19)9-12-18(21)15-17-7-5-4-6-8-17/h4-15,21H,1-3H3. The fraction of sp³-hybridized carbons (Fsp3) is 0.200. The Morgan fingerprint density at radius 2 is 1.55 bits per heavy atom. The third-order valence-corrected chi connectivity index (χ3v) is 2.86. The molecule has 0 aromatic heterocycles. The Balaban J connectivity index is 2.02. The Morgan fingerprint density at radius 3 is 2.14 bits per heavy atom. The van der Waals surface area contributed by atoms with E-state index in [4.69, 9.17) is 4.74 Å². The first kappa shape index (κ1) is 15.9. The van der Waals surface area contributed by atoms with Crippen LogP contribution in [-0.2, 0) is 0 Å². The number of hydrogen-bond donors (Lipinski definition) is 1. The van der Waals surface area contributed by atoms with Crippen molar-refractivity contribution < 1.29 is 9.84 Å². The summed E-state index contributed by atoms with van der Waals surface area (Å²) in [5.41, 5.74) is 1.78. The minimum atomic E-state index is -0.200. The number of rotatable bonds is 4. The lowest BCUT2D eigenvalue weighted by atomic mass is 10.1. The molecule has 0 saturated heterocycles. The van der Waals surface area contributed by atoms with Crippen LogP contribution in [0.2, 0.25) is 0 Å². The average Bonchev–Trinajstić information content (AvgIpc) is 2.46. The van der Waals surface area contributed by atoms with E-state index >= 15 is 0 Å². The van der Waals surface area contributed by atoms with Crippen molar-refractivity contribution >= 4 is 12.2 Å². The van der Waals surface area contributed by atoms with Crippen molar-refractivity contribution in [1.29, 1.82) is 0 Å². The average molecular weight is 294 g/mol. The van der Waals surface area contributed by atoms with Gasteiger partial charge in [0.1, 0.15) is 17.1 Å². The first-order chi connectivity index (χ1) is 10.4. The van der Waals surface area contributed by atoms with Crippen LogP contribution in [0.1, 0.15) is 31.9 Å². The first-order valence-electron chi connectivity index (χ1n) is 7.35. The third kappa shape index (κ3) is 5.49. The predicted molar refractivity (Wildman–Crippen MR) is 92.9 cm³/mol. The van der Waals surface area contributed by atoms with Gasteiger partial charge in [0.25, 0.3) is 0 Å². The highest BCUT2D eigenvalue weighted by Gasteiger charge is 2.10. The summed E-state index contributed by atoms with van der Waals surface area (Å²) in [7, 11) is 0. The van der Waals surface area contributed by atoms with Crippen molar-refractivity contribution in [2.75, 3.05) is 0 Å². The summed E-state index contributed by atoms with van der Waals surface area (Å²) in [6, 6.07) is 17.5. The summed E-state index contributed by atoms with van der Waals surface area (Å²) in [6.07, 6.45) is 5.29. The van der Waals surface area contributed by atoms with Crippen LogP contribution >= 0.6 is 0 Å². The molecule has 2 nitrogen and oxygen atoms in total. The summed E-state index contributed by atoms with van der Waals surface area (Å²) in [5, 5.41) is 9.92. The molecular formula is C20H22O2. The van der Waals surface area contributed by atoms with Gasteiger partial charge in [-0.3, -0.25) is 0 Å². The van der Waals surface area contributed by atoms with Gasteiger partial charge >= 0.3 is 0 Å². The van der Waals surface area contributed by atoms with Crippen molar-refractivity contribution in [2.24, 2.45) is 0 Å². The molecule has 0 aliphatic rings. The molecule has 0 aliphatic carbocycles. The zero-order valence-electron chi connectivity index (χ0n) is 13.3. The summed E-state index contributed by atoms with van der Waals surface area (Å²) in [4.78, 5) is 0. The van der Waals surface area contributed by atoms with E-state index in [0.29, 0.717) is 0 Å². The molecule has 0 fully saturated rings. The third-order valence-electron chi connectivity index (χ3n) is 2.86. The molecular weight excluding hydrogens is 272 g/mol. The van der Waals surface area contributed by atoms with Crippen molar-refractivity contribution in [3.8, 4) is 5.75 Å². The molecule has 0 saturated carbocycles. The highest BCUT2D eigenvalue weighted by atomic mass is 16.5. The Labute approximate surface area is 132 Å². The lowest BCUT2D eigenvalue weighted by Gasteiger charge is -2.21. The number of allylic oxidation sites excluding steroid dienone is 1. The molecule has 2 rings (SSSR count). The minimum Gasteiger partial charge on any atom is -0.508 e. The lowest BCUT2D eigenvalue weighted by Crippen LogP contribution is -2.22. The van der Waals surface area contributed by atoms with E-state index in [1.165, 1.54) is 0 Å². The molecule has 1 N–H and O–H groups in total. The van der Waals surface area contributed by atoms with Crippen LogP contribution in [0.4, 0.5) is 0 Å². The quantitative estimate of drug-likeness (QED) is 0.598. The van der Waals surface area contributed by atoms with Gasteiger partial charge in [0.2, 0.25) is 0 Å². The maximum atomic E-state index is 9.92. The monoisotopic (exact) mass is 294 g/mol. The molecule has 0 bridgehead atoms. The molecule has 0 radical (unpaired) electrons. The van der Waals surface area contributed by atoms with E-state index < -0.39 is 0 Å². The Kier molecular flexibility index (Phi) is 5.05. The van der Waals surface area contributed by atoms with Gasteiger partial charge in [-0.15, -0.1) is 0 Å². The van der Waals surface area contributed by atoms with Crippen LogP contribution in [-0.4, -0.2) is 10.7 Å². The number of aliphatic hydroxyl groups is 1. The number of aliphatic hydroxyl groups excluding tert-OH is 1. The molecule has 0 unspecified atom stereocenters. The Hall–Kier alpha value is -2.48. The number of benzene rings is 2. The number of hydrogen-bond acceptors (Lipinski definition) is 2. The zero-order valence-corrected chi connectivity index (χ0v) is 13.3. The van der Waals surface area contributed by atoms with Gasteiger partial charge in [-0.25, -0.2) is 0 Å². The first-order valence-corrected chi connectivity index (χ1v) is 7.35. The van der Waals surface area contributed by atoms with Crippen LogP contribution in [0, 0.1) is 0 Å². The van der Waals surface area contributed by atoms with E-state index in [1.54, 1.807) is 12.2 Å². The molecule has 0 spiro atoms. The van der Waals surface area contributed by atoms with Gasteiger partial charge in [-0.1, -0.05) is 48.5 Å². The van der Waals surface area contributed by atoms with E-state index in [-0.39, 0.29) is 11.4 Å². The van der Waals surface area contributed by atoms with Crippen LogP contribution in [0.5, 0.6) is 5.75 Å². The zero-order chi connectivity index (χ0) is 16.0. The fourth-order valence-corrected chi connectivity index (χ4v) is 1.95. The summed E-state index contributed by atoms with van der Waals surface area (Å²) < 4.78 is 5.78. The molecule has 0 amide bonds. The molecule has 0 aliphatic heterocycles. The molecule has 114 valence electrons. The molecule has 2 heteroatoms. The van der Waals surface area contributed by atoms with Gasteiger partial charge in [-0.05, 0) is 56.2 Å². The summed E-state index contributed by atoms with van der Waals surface area (Å²) in [6.45, 7) is 6.06. The van der Waals surface area contributed by atoms with Crippen molar-refractivity contribution in [3.05, 3.63) is 77.6 Å². The second-order valence-electron chi connectivity index (χ2n) is 6.10. The molecule has 0 heterocycles. The highest BCUT2D eigenvalue weighted by molar-refractivity contribution is 5.59. The topological polar surface area (TPSA) is 29.5 Å². The van der Waals surface area contributed by atoms with Crippen LogP contribution in [0.15, 0.2) is 66.4 Å². The van der Waals surface area contributed by atoms with Crippen molar-refractivity contribution in [3.63, 3.8) is 0 Å². The van der Waals surface area contributed by atoms with Gasteiger partial charge in [0.15, 0.2) is 0 Å². The SMILES string of the molecule is CC(C)(C)Oc1ccc(C=CC(O)=Cc2ccccc2)cc1. The fourth-order valence-electron chi connectivity index (χ4n) is 1.95. The van der Waals surface area contributed by atoms with Crippen molar-refractivity contribution in [1.82, 2.24) is 0 Å². The Bertz CT molecular complexity index is 644. The van der Waals surface area contributed by atoms with E-state index in [0.717, 1.165) is 16.9 Å². The predicted octanol–water partition coefficient (Wildman–Crippen LogP) is 5.48. The van der Waals surface area contributed by atoms with Gasteiger partial charge < -0.3 is 9.84 Å². The molecule has 2 aromatic rings. The van der Waals surface area contributed by atoms with Gasteiger partial charge in [0.05, 0.1) is 0 Å². The second-order valence-corrected chi connectivity index (χ2v) is 6.10. The Morgan fingerprint density at radius 1 is 0.909 bits per heavy atom. The maximum Gasteiger partial charge on any atom is 0.120 e. The number of ether oxygens (including phenoxy) is 1. The van der Waals surface area contributed by atoms with E-state index in [2.05, 4.69) is 0 Å². The molecule has 0 atom stereocenters. The largest absolute Gasteiger partial charge is 0.508 e. The van der Waals surface area contributed by atoms with Crippen LogP contribution in [0.25, 0.3) is 12.2 Å². The van der Waals surface area contributed by atoms with Crippen LogP contribution in [0.3, 0.4) is 0 Å². The van der Waals surface area contributed by atoms with Gasteiger partial charge in [-0.2, -0.15) is 0 Å². The van der Waals surface area contributed by atoms with Gasteiger partial charge in [0, 0.05) is 0 Å². The summed E-state index contributed by atoms with van der Waals surface area (Å²) in [5.74, 6) is 1.06. The smallest absolute Gasteiger partial charge is 0.120 e. The summed E-state index contributed by atoms with van der Waals surface area (Å²) >= 11 is 0. The maximum absolute atomic E-state index is 9.92. The normalized spacial score (nSPS) is 12.6. The lowest BCUT2D eigenvalue weighted by molar-refractivity contribution is 0.131. The van der Waals surface area contributed by atoms with Crippen molar-refractivity contribution in [2.45, 2.75) is 26.4 Å². The second kappa shape index (κ2) is 6.99. The van der Waals surface area contributed by atoms with E-state index in [9.17, 15) is 5.11 Å². The molecule has 2 aromatic carbocycles. The van der Waals surface area contributed by atoms with Crippen LogP contribution < -0.4 is 4.74 Å². The van der Waals surface area contributed by atoms with E-state index in [1.807, 2.05) is 81.4 Å². The highest BCUT2D eigenvalue weighted by Crippen LogP contribution is 2.19. The molecule has 22 heavy (non-hydrogen) atoms.